The summed E-state index contributed by atoms with van der Waals surface area (Å²) in [6.07, 6.45) is -3.16. The topological polar surface area (TPSA) is 74.9 Å². The molecular formula is C22H19N3O4. The Labute approximate surface area is 182 Å². The molecule has 0 saturated carbocycles. The number of ether oxygens (including phenoxy) is 2. The molecule has 7 nitrogen and oxygen atoms in total. The zero-order valence-electron chi connectivity index (χ0n) is 25.6. The van der Waals surface area contributed by atoms with Gasteiger partial charge >= 0.3 is 0 Å². The quantitative estimate of drug-likeness (QED) is 0.680. The fourth-order valence-electron chi connectivity index (χ4n) is 3.71. The van der Waals surface area contributed by atoms with Crippen LogP contribution in [-0.4, -0.2) is 52.8 Å². The number of hydrogen-bond donors (Lipinski definition) is 1. The van der Waals surface area contributed by atoms with Gasteiger partial charge in [0.05, 0.1) is 18.0 Å². The van der Waals surface area contributed by atoms with Crippen LogP contribution in [0.15, 0.2) is 42.5 Å². The normalized spacial score (nSPS) is 39.1. The summed E-state index contributed by atoms with van der Waals surface area (Å²) in [6.45, 7) is -9.76. The molecule has 1 N–H and O–H groups in total. The summed E-state index contributed by atoms with van der Waals surface area (Å²) in [5, 5.41) is 0.150. The highest BCUT2D eigenvalue weighted by molar-refractivity contribution is 5.97. The molecule has 0 bridgehead atoms. The number of amides is 2. The molecule has 1 saturated heterocycles. The summed E-state index contributed by atoms with van der Waals surface area (Å²) in [4.78, 5) is 30.4. The molecular weight excluding hydrogens is 370 g/mol. The maximum absolute atomic E-state index is 13.9. The van der Waals surface area contributed by atoms with Gasteiger partial charge in [0, 0.05) is 36.8 Å². The number of carbonyl (C=O) groups excluding carboxylic acids is 2. The summed E-state index contributed by atoms with van der Waals surface area (Å²) < 4.78 is 103. The zero-order valence-corrected chi connectivity index (χ0v) is 14.6. The Hall–Kier alpha value is -3.48. The molecule has 2 atom stereocenters. The van der Waals surface area contributed by atoms with Crippen LogP contribution in [0.3, 0.4) is 0 Å². The van der Waals surface area contributed by atoms with Crippen LogP contribution in [0.2, 0.25) is 0 Å². The number of hydrogen-bond acceptors (Lipinski definition) is 4. The molecule has 146 valence electrons. The molecule has 0 aliphatic carbocycles. The number of aromatic nitrogens is 1. The molecule has 3 aliphatic heterocycles. The van der Waals surface area contributed by atoms with Gasteiger partial charge in [-0.2, -0.15) is 0 Å². The third kappa shape index (κ3) is 2.24. The first-order chi connectivity index (χ1) is 18.3. The molecule has 0 radical (unpaired) electrons. The van der Waals surface area contributed by atoms with Crippen molar-refractivity contribution >= 4 is 22.7 Å². The Kier molecular flexibility index (Phi) is 1.77. The Morgan fingerprint density at radius 1 is 1.21 bits per heavy atom. The van der Waals surface area contributed by atoms with Crippen LogP contribution in [-0.2, 0) is 16.0 Å². The van der Waals surface area contributed by atoms with Crippen LogP contribution in [0, 0.1) is 0 Å². The number of benzene rings is 2. The molecule has 7 heteroatoms. The van der Waals surface area contributed by atoms with E-state index < -0.39 is 55.3 Å². The van der Waals surface area contributed by atoms with Gasteiger partial charge in [-0.3, -0.25) is 9.59 Å². The van der Waals surface area contributed by atoms with Crippen molar-refractivity contribution in [1.29, 1.82) is 0 Å². The molecule has 2 aromatic carbocycles. The van der Waals surface area contributed by atoms with Crippen molar-refractivity contribution in [2.24, 2.45) is 0 Å². The van der Waals surface area contributed by atoms with Crippen molar-refractivity contribution < 1.29 is 34.1 Å². The highest BCUT2D eigenvalue weighted by atomic mass is 16.7. The lowest BCUT2D eigenvalue weighted by atomic mass is 9.86. The van der Waals surface area contributed by atoms with Gasteiger partial charge in [-0.1, -0.05) is 24.3 Å². The number of likely N-dealkylation sites (N-methyl/N-ethyl adjacent to an activating group) is 1. The fraction of sp³-hybridized carbons (Fsp3) is 0.273. The minimum absolute atomic E-state index is 0.0672. The van der Waals surface area contributed by atoms with E-state index in [-0.39, 0.29) is 44.1 Å². The van der Waals surface area contributed by atoms with E-state index in [1.165, 1.54) is 24.3 Å². The Balaban J connectivity index is 1.73. The van der Waals surface area contributed by atoms with E-state index in [0.717, 1.165) is 6.07 Å². The summed E-state index contributed by atoms with van der Waals surface area (Å²) in [6, 6.07) is 3.45. The first-order valence-electron chi connectivity index (χ1n) is 14.1. The molecule has 0 unspecified atom stereocenters. The molecule has 1 aromatic heterocycles. The standard InChI is InChI=1S/C22H19N3O4/c1-24-10-19(26)25-16(22(24)27)9-14-13-4-2-3-5-15(13)23-20(14)21(25)12-6-7-17-18(8-12)29-11-28-17/h2-8,16,21,23H,9-11H2,1H3/t16-,21-/m1/s1/i1D3,9D2,10D2,11D2,16D,21D. The van der Waals surface area contributed by atoms with Crippen LogP contribution >= 0.6 is 0 Å². The van der Waals surface area contributed by atoms with Gasteiger partial charge in [0.15, 0.2) is 11.5 Å². The first-order valence-corrected chi connectivity index (χ1v) is 8.63. The van der Waals surface area contributed by atoms with E-state index in [4.69, 9.17) is 21.8 Å². The number of fused-ring (bicyclic) bond motifs is 5. The summed E-state index contributed by atoms with van der Waals surface area (Å²) >= 11 is 0. The number of nitrogens with one attached hydrogen (secondary N) is 1. The predicted molar refractivity (Wildman–Crippen MR) is 105 cm³/mol. The van der Waals surface area contributed by atoms with E-state index in [0.29, 0.717) is 0 Å². The zero-order chi connectivity index (χ0) is 29.4. The number of rotatable bonds is 1. The minimum atomic E-state index is -3.60. The Bertz CT molecular complexity index is 1640. The number of carbonyl (C=O) groups is 2. The molecule has 3 aromatic rings. The third-order valence-electron chi connectivity index (χ3n) is 4.97. The largest absolute Gasteiger partial charge is 0.454 e. The molecule has 3 aliphatic rings. The SMILES string of the molecule is [2H]C1([2H])Oc2ccc([C@]3([2H])c4[nH]c5ccccc5c4C([2H])([2H])[C@]4([2H])C(=O)N(C([2H])([2H])[2H])C([2H])([2H])C(=O)N34)cc2O1. The number of piperazine rings is 1. The van der Waals surface area contributed by atoms with Crippen LogP contribution in [0.25, 0.3) is 10.9 Å². The second-order valence-electron chi connectivity index (χ2n) is 6.58. The minimum Gasteiger partial charge on any atom is -0.454 e. The van der Waals surface area contributed by atoms with Crippen molar-refractivity contribution in [3.63, 3.8) is 0 Å². The number of para-hydroxylation sites is 1. The van der Waals surface area contributed by atoms with Gasteiger partial charge in [0.1, 0.15) is 8.76 Å². The van der Waals surface area contributed by atoms with Gasteiger partial charge in [-0.05, 0) is 29.3 Å². The van der Waals surface area contributed by atoms with E-state index >= 15 is 0 Å². The number of H-pyrrole nitrogens is 1. The Morgan fingerprint density at radius 3 is 2.97 bits per heavy atom. The van der Waals surface area contributed by atoms with Gasteiger partial charge in [-0.15, -0.1) is 0 Å². The monoisotopic (exact) mass is 400 g/mol. The van der Waals surface area contributed by atoms with Gasteiger partial charge in [0.2, 0.25) is 18.6 Å². The lowest BCUT2D eigenvalue weighted by Crippen LogP contribution is -2.62. The molecule has 1 fully saturated rings. The summed E-state index contributed by atoms with van der Waals surface area (Å²) in [5.41, 5.74) is -0.662. The maximum atomic E-state index is 13.9. The lowest BCUT2D eigenvalue weighted by Gasteiger charge is -2.46. The van der Waals surface area contributed by atoms with Crippen LogP contribution in [0.4, 0.5) is 0 Å². The van der Waals surface area contributed by atoms with E-state index in [9.17, 15) is 12.3 Å². The van der Waals surface area contributed by atoms with E-state index in [1.807, 2.05) is 0 Å². The average molecular weight is 400 g/mol. The molecule has 2 amide bonds. The first kappa shape index (κ1) is 8.90. The number of nitrogens with zero attached hydrogens (tertiary/aromatic N) is 2. The second kappa shape index (κ2) is 5.76. The van der Waals surface area contributed by atoms with Crippen molar-refractivity contribution in [1.82, 2.24) is 14.8 Å². The van der Waals surface area contributed by atoms with E-state index in [1.54, 1.807) is 12.1 Å². The highest BCUT2D eigenvalue weighted by Crippen LogP contribution is 2.44. The molecule has 6 rings (SSSR count). The predicted octanol–water partition coefficient (Wildman–Crippen LogP) is 2.21. The third-order valence-corrected chi connectivity index (χ3v) is 4.97. The highest BCUT2D eigenvalue weighted by Gasteiger charge is 2.47. The average Bonchev–Trinajstić information content (AvgIpc) is 3.37. The van der Waals surface area contributed by atoms with Crippen LogP contribution in [0.5, 0.6) is 11.5 Å². The summed E-state index contributed by atoms with van der Waals surface area (Å²) in [7, 11) is 0. The van der Waals surface area contributed by atoms with Crippen LogP contribution < -0.4 is 9.47 Å². The second-order valence-corrected chi connectivity index (χ2v) is 6.58. The van der Waals surface area contributed by atoms with Crippen molar-refractivity contribution in [2.45, 2.75) is 18.4 Å². The molecule has 4 heterocycles. The smallest absolute Gasteiger partial charge is 0.245 e. The van der Waals surface area contributed by atoms with Gasteiger partial charge < -0.3 is 24.3 Å². The van der Waals surface area contributed by atoms with Crippen molar-refractivity contribution in [3.8, 4) is 11.5 Å². The molecule has 29 heavy (non-hydrogen) atoms. The van der Waals surface area contributed by atoms with Crippen molar-refractivity contribution in [3.05, 3.63) is 59.3 Å². The van der Waals surface area contributed by atoms with Gasteiger partial charge in [-0.25, -0.2) is 0 Å². The number of aromatic amines is 1. The van der Waals surface area contributed by atoms with E-state index in [2.05, 4.69) is 4.98 Å². The fourth-order valence-corrected chi connectivity index (χ4v) is 3.71. The molecule has 0 spiro atoms. The lowest BCUT2D eigenvalue weighted by molar-refractivity contribution is -0.157. The van der Waals surface area contributed by atoms with Crippen molar-refractivity contribution in [2.75, 3.05) is 20.2 Å². The maximum Gasteiger partial charge on any atom is 0.245 e. The summed E-state index contributed by atoms with van der Waals surface area (Å²) in [5.74, 6) is -3.97. The Morgan fingerprint density at radius 2 is 2.07 bits per heavy atom. The van der Waals surface area contributed by atoms with Crippen LogP contribution in [0.1, 0.15) is 37.9 Å². The van der Waals surface area contributed by atoms with Gasteiger partial charge in [0.25, 0.3) is 0 Å².